The number of halogens is 2. The number of esters is 3. The van der Waals surface area contributed by atoms with E-state index < -0.39 is 12.1 Å². The van der Waals surface area contributed by atoms with Crippen LogP contribution < -0.4 is 0 Å². The fourth-order valence-corrected chi connectivity index (χ4v) is 7.31. The summed E-state index contributed by atoms with van der Waals surface area (Å²) in [5, 5.41) is 0. The Bertz CT molecular complexity index is 1620. The predicted molar refractivity (Wildman–Crippen MR) is 339 cm³/mol. The summed E-state index contributed by atoms with van der Waals surface area (Å²) in [6, 6.07) is 0. The maximum absolute atomic E-state index is 12.8. The van der Waals surface area contributed by atoms with E-state index in [0.29, 0.717) is 19.3 Å². The zero-order valence-electron chi connectivity index (χ0n) is 46.9. The molecular weight excluding hydrogens is 1140 g/mol. The van der Waals surface area contributed by atoms with E-state index in [2.05, 4.69) is 180 Å². The number of rotatable bonds is 50. The summed E-state index contributed by atoms with van der Waals surface area (Å²) < 4.78 is 16.7. The van der Waals surface area contributed by atoms with Crippen LogP contribution in [0.15, 0.2) is 146 Å². The number of carbonyl (C=O) groups excluding carboxylic acids is 3. The fraction of sp³-hybridized carbons (Fsp3) is 0.591. The highest BCUT2D eigenvalue weighted by atomic mass is 128. The van der Waals surface area contributed by atoms with Crippen molar-refractivity contribution in [3.05, 3.63) is 146 Å². The van der Waals surface area contributed by atoms with Crippen LogP contribution >= 0.6 is 37.2 Å². The Labute approximate surface area is 478 Å². The highest BCUT2D eigenvalue weighted by Gasteiger charge is 2.19. The molecule has 1 unspecified atom stereocenters. The van der Waals surface area contributed by atoms with Crippen LogP contribution in [0.25, 0.3) is 0 Å². The SMILES string of the molecule is CC/C=C\C/C=C\C/C=C\C/C=C\C/C=C\C/C=C\CCC(=O)OC(COC(=O)CC/C=C\C/C=C\C/C=C\C/C=C\C/C=C\C/C=C\CCCCC)COC(=O)CCCCCCCCCCCCCCC.II. The lowest BCUT2D eigenvalue weighted by molar-refractivity contribution is -0.166. The topological polar surface area (TPSA) is 78.9 Å². The van der Waals surface area contributed by atoms with E-state index in [9.17, 15) is 14.4 Å². The van der Waals surface area contributed by atoms with Crippen LogP contribution in [0.3, 0.4) is 0 Å². The molecule has 0 bridgehead atoms. The minimum absolute atomic E-state index is 0.135. The van der Waals surface area contributed by atoms with Gasteiger partial charge < -0.3 is 14.2 Å². The van der Waals surface area contributed by atoms with Crippen molar-refractivity contribution >= 4 is 55.1 Å². The lowest BCUT2D eigenvalue weighted by Crippen LogP contribution is -2.30. The normalized spacial score (nSPS) is 12.9. The highest BCUT2D eigenvalue weighted by Crippen LogP contribution is 2.14. The van der Waals surface area contributed by atoms with Gasteiger partial charge in [-0.05, 0) is 103 Å². The molecule has 0 aromatic carbocycles. The van der Waals surface area contributed by atoms with Gasteiger partial charge in [0, 0.05) is 56.5 Å². The van der Waals surface area contributed by atoms with Gasteiger partial charge in [0.05, 0.1) is 0 Å². The van der Waals surface area contributed by atoms with E-state index in [4.69, 9.17) is 14.2 Å². The minimum atomic E-state index is -0.854. The third kappa shape index (κ3) is 63.0. The molecule has 0 N–H and O–H groups in total. The number of hydrogen-bond acceptors (Lipinski definition) is 6. The molecule has 1 atom stereocenters. The average Bonchev–Trinajstić information content (AvgIpc) is 3.41. The molecule has 0 spiro atoms. The van der Waals surface area contributed by atoms with E-state index in [0.717, 1.165) is 89.9 Å². The van der Waals surface area contributed by atoms with Crippen LogP contribution in [0.1, 0.15) is 233 Å². The fourth-order valence-electron chi connectivity index (χ4n) is 7.31. The largest absolute Gasteiger partial charge is 0.462 e. The minimum Gasteiger partial charge on any atom is -0.462 e. The second-order valence-corrected chi connectivity index (χ2v) is 18.5. The number of hydrogen-bond donors (Lipinski definition) is 0. The number of allylic oxidation sites excluding steroid dienone is 24. The monoisotopic (exact) mass is 1250 g/mol. The Hall–Kier alpha value is -3.25. The van der Waals surface area contributed by atoms with E-state index in [-0.39, 0.29) is 38.0 Å². The van der Waals surface area contributed by atoms with Gasteiger partial charge in [-0.15, -0.1) is 0 Å². The molecule has 74 heavy (non-hydrogen) atoms. The van der Waals surface area contributed by atoms with Gasteiger partial charge in [0.1, 0.15) is 13.2 Å². The average molecular weight is 1250 g/mol. The van der Waals surface area contributed by atoms with Crippen molar-refractivity contribution in [2.75, 3.05) is 13.2 Å². The summed E-state index contributed by atoms with van der Waals surface area (Å²) in [6.07, 6.45) is 84.3. The third-order valence-electron chi connectivity index (χ3n) is 11.6. The molecule has 8 heteroatoms. The summed E-state index contributed by atoms with van der Waals surface area (Å²) in [6.45, 7) is 6.36. The molecule has 0 aromatic rings. The first-order chi connectivity index (χ1) is 36.5. The predicted octanol–water partition coefficient (Wildman–Crippen LogP) is 21.4. The van der Waals surface area contributed by atoms with Crippen molar-refractivity contribution in [1.82, 2.24) is 0 Å². The first kappa shape index (κ1) is 72.8. The van der Waals surface area contributed by atoms with Crippen molar-refractivity contribution in [3.8, 4) is 0 Å². The van der Waals surface area contributed by atoms with Crippen molar-refractivity contribution < 1.29 is 28.6 Å². The zero-order valence-corrected chi connectivity index (χ0v) is 51.2. The smallest absolute Gasteiger partial charge is 0.306 e. The summed E-state index contributed by atoms with van der Waals surface area (Å²) in [4.78, 5) is 38.1. The van der Waals surface area contributed by atoms with Gasteiger partial charge in [-0.1, -0.05) is 256 Å². The summed E-state index contributed by atoms with van der Waals surface area (Å²) >= 11 is 4.24. The van der Waals surface area contributed by atoms with Crippen molar-refractivity contribution in [2.45, 2.75) is 239 Å². The maximum Gasteiger partial charge on any atom is 0.306 e. The van der Waals surface area contributed by atoms with Gasteiger partial charge in [-0.3, -0.25) is 14.4 Å². The first-order valence-corrected chi connectivity index (χ1v) is 35.3. The van der Waals surface area contributed by atoms with E-state index in [1.807, 2.05) is 24.3 Å². The van der Waals surface area contributed by atoms with Crippen LogP contribution in [-0.4, -0.2) is 37.2 Å². The van der Waals surface area contributed by atoms with Crippen LogP contribution in [-0.2, 0) is 28.6 Å². The summed E-state index contributed by atoms with van der Waals surface area (Å²) in [7, 11) is 0. The first-order valence-electron chi connectivity index (χ1n) is 29.0. The third-order valence-corrected chi connectivity index (χ3v) is 11.6. The van der Waals surface area contributed by atoms with Crippen molar-refractivity contribution in [3.63, 3.8) is 0 Å². The van der Waals surface area contributed by atoms with Crippen molar-refractivity contribution in [2.24, 2.45) is 0 Å². The Balaban J connectivity index is 0. The van der Waals surface area contributed by atoms with Crippen molar-refractivity contribution in [1.29, 1.82) is 0 Å². The molecule has 0 aliphatic heterocycles. The van der Waals surface area contributed by atoms with Gasteiger partial charge in [0.25, 0.3) is 0 Å². The summed E-state index contributed by atoms with van der Waals surface area (Å²) in [5.74, 6) is -1.11. The van der Waals surface area contributed by atoms with Gasteiger partial charge in [-0.25, -0.2) is 0 Å². The molecule has 0 aliphatic rings. The van der Waals surface area contributed by atoms with Gasteiger partial charge >= 0.3 is 17.9 Å². The Morgan fingerprint density at radius 1 is 0.311 bits per heavy atom. The molecule has 418 valence electrons. The van der Waals surface area contributed by atoms with Gasteiger partial charge in [-0.2, -0.15) is 0 Å². The molecule has 0 saturated heterocycles. The van der Waals surface area contributed by atoms with E-state index in [1.165, 1.54) is 89.9 Å². The van der Waals surface area contributed by atoms with Gasteiger partial charge in [0.2, 0.25) is 0 Å². The van der Waals surface area contributed by atoms with Crippen LogP contribution in [0.2, 0.25) is 0 Å². The molecule has 0 aliphatic carbocycles. The molecule has 0 saturated carbocycles. The number of unbranched alkanes of at least 4 members (excludes halogenated alkanes) is 15. The molecule has 6 nitrogen and oxygen atoms in total. The molecular formula is C66H104I2O6. The second-order valence-electron chi connectivity index (χ2n) is 18.5. The maximum atomic E-state index is 12.8. The van der Waals surface area contributed by atoms with E-state index in [1.54, 1.807) is 0 Å². The molecule has 0 amide bonds. The Morgan fingerprint density at radius 3 is 0.932 bits per heavy atom. The van der Waals surface area contributed by atoms with Gasteiger partial charge in [0.15, 0.2) is 6.10 Å². The van der Waals surface area contributed by atoms with Crippen LogP contribution in [0.4, 0.5) is 0 Å². The molecule has 0 fully saturated rings. The highest BCUT2D eigenvalue weighted by molar-refractivity contribution is 15.0. The van der Waals surface area contributed by atoms with Crippen LogP contribution in [0, 0.1) is 0 Å². The second kappa shape index (κ2) is 65.9. The molecule has 0 rings (SSSR count). The Morgan fingerprint density at radius 2 is 0.581 bits per heavy atom. The lowest BCUT2D eigenvalue weighted by atomic mass is 10.0. The molecule has 0 radical (unpaired) electrons. The standard InChI is InChI=1S/C66H104O6.I2/c1-4-7-10-13-16-19-22-25-27-29-31-32-33-35-36-38-41-44-47-50-53-56-59-65(68)71-62-63(61-70-64(67)58-55-52-49-46-43-40-24-21-18-15-12-9-6-3)72-66(69)60-57-54-51-48-45-42-39-37-34-30-28-26-23-20-17-14-11-8-5-2;1-2/h8,11,16-17,19-20,25-28,31-32,34-37,41-42,44-45,50-51,53-54,63H,4-7,9-10,12-15,18,21-24,29-30,33,38-40,43,46-49,52,55-62H2,1-3H3;/b11-8-,19-16-,20-17-,27-25-,28-26-,32-31-,36-35-,37-34-,44-41-,45-42-,53-50-,54-51-;. The molecule has 0 heterocycles. The Kier molecular flexibility index (Phi) is 64.8. The van der Waals surface area contributed by atoms with Crippen LogP contribution in [0.5, 0.6) is 0 Å². The van der Waals surface area contributed by atoms with E-state index >= 15 is 0 Å². The zero-order chi connectivity index (χ0) is 54.2. The quantitative estimate of drug-likeness (QED) is 0.0199. The lowest BCUT2D eigenvalue weighted by Gasteiger charge is -2.18. The number of ether oxygens (including phenoxy) is 3. The molecule has 0 aromatic heterocycles. The number of carbonyl (C=O) groups is 3. The summed E-state index contributed by atoms with van der Waals surface area (Å²) in [5.41, 5.74) is 0.